The normalized spacial score (nSPS) is 10.7. The number of hydrogen-bond donors (Lipinski definition) is 1. The Morgan fingerprint density at radius 3 is 2.88 bits per heavy atom. The van der Waals surface area contributed by atoms with Crippen LogP contribution in [0.1, 0.15) is 12.0 Å². The number of para-hydroxylation sites is 2. The fourth-order valence-corrected chi connectivity index (χ4v) is 2.52. The zero-order valence-electron chi connectivity index (χ0n) is 13.1. The van der Waals surface area contributed by atoms with Gasteiger partial charge in [-0.15, -0.1) is 0 Å². The van der Waals surface area contributed by atoms with Crippen molar-refractivity contribution in [2.45, 2.75) is 19.9 Å². The summed E-state index contributed by atoms with van der Waals surface area (Å²) >= 11 is 0. The number of fused-ring (bicyclic) bond motifs is 1. The molecular weight excluding hydrogens is 308 g/mol. The summed E-state index contributed by atoms with van der Waals surface area (Å²) in [7, 11) is 0. The van der Waals surface area contributed by atoms with Crippen LogP contribution < -0.4 is 5.32 Å². The van der Waals surface area contributed by atoms with Crippen molar-refractivity contribution in [2.24, 2.45) is 0 Å². The number of benzene rings is 2. The molecule has 0 atom stereocenters. The fraction of sp³-hybridized carbons (Fsp3) is 0.176. The lowest BCUT2D eigenvalue weighted by Gasteiger charge is -2.07. The van der Waals surface area contributed by atoms with E-state index in [0.717, 1.165) is 11.0 Å². The minimum absolute atomic E-state index is 0.00611. The Morgan fingerprint density at radius 1 is 1.29 bits per heavy atom. The first-order valence-electron chi connectivity index (χ1n) is 7.49. The van der Waals surface area contributed by atoms with Crippen LogP contribution in [0.2, 0.25) is 0 Å². The van der Waals surface area contributed by atoms with Crippen molar-refractivity contribution in [1.82, 2.24) is 9.55 Å². The quantitative estimate of drug-likeness (QED) is 0.576. The summed E-state index contributed by atoms with van der Waals surface area (Å²) in [5.41, 5.74) is 2.83. The topological polar surface area (TPSA) is 90.1 Å². The molecule has 0 saturated carbocycles. The van der Waals surface area contributed by atoms with E-state index < -0.39 is 4.92 Å². The smallest absolute Gasteiger partial charge is 0.274 e. The molecule has 3 aromatic rings. The molecule has 7 nitrogen and oxygen atoms in total. The second-order valence-corrected chi connectivity index (χ2v) is 5.48. The summed E-state index contributed by atoms with van der Waals surface area (Å²) in [5.74, 6) is -0.203. The number of aromatic nitrogens is 2. The first-order valence-corrected chi connectivity index (χ1v) is 7.49. The SMILES string of the molecule is Cc1ccc(NC(=O)CCn2cnc3ccccc32)cc1[N+](=O)[O-]. The summed E-state index contributed by atoms with van der Waals surface area (Å²) in [4.78, 5) is 26.9. The van der Waals surface area contributed by atoms with Crippen LogP contribution in [0.4, 0.5) is 11.4 Å². The van der Waals surface area contributed by atoms with Gasteiger partial charge in [0.1, 0.15) is 0 Å². The second kappa shape index (κ2) is 6.49. The lowest BCUT2D eigenvalue weighted by Crippen LogP contribution is -2.14. The van der Waals surface area contributed by atoms with E-state index in [4.69, 9.17) is 0 Å². The Balaban J connectivity index is 1.66. The predicted octanol–water partition coefficient (Wildman–Crippen LogP) is 3.28. The number of hydrogen-bond acceptors (Lipinski definition) is 4. The van der Waals surface area contributed by atoms with Crippen LogP contribution in [0.3, 0.4) is 0 Å². The first kappa shape index (κ1) is 15.7. The number of imidazole rings is 1. The molecule has 2 aromatic carbocycles. The molecule has 0 fully saturated rings. The molecule has 0 aliphatic heterocycles. The summed E-state index contributed by atoms with van der Waals surface area (Å²) in [6.07, 6.45) is 1.96. The molecule has 3 rings (SSSR count). The Hall–Kier alpha value is -3.22. The van der Waals surface area contributed by atoms with Crippen LogP contribution in [-0.2, 0) is 11.3 Å². The van der Waals surface area contributed by atoms with Crippen LogP contribution >= 0.6 is 0 Å². The van der Waals surface area contributed by atoms with Gasteiger partial charge in [-0.05, 0) is 25.1 Å². The molecule has 0 saturated heterocycles. The number of amides is 1. The number of nitrogens with one attached hydrogen (secondary N) is 1. The molecule has 1 N–H and O–H groups in total. The van der Waals surface area contributed by atoms with Gasteiger partial charge in [0.15, 0.2) is 0 Å². The van der Waals surface area contributed by atoms with E-state index in [1.54, 1.807) is 25.4 Å². The summed E-state index contributed by atoms with van der Waals surface area (Å²) < 4.78 is 1.91. The number of rotatable bonds is 5. The van der Waals surface area contributed by atoms with Crippen LogP contribution in [0.5, 0.6) is 0 Å². The largest absolute Gasteiger partial charge is 0.330 e. The number of nitrogens with zero attached hydrogens (tertiary/aromatic N) is 3. The van der Waals surface area contributed by atoms with Gasteiger partial charge in [0.05, 0.1) is 22.3 Å². The fourth-order valence-electron chi connectivity index (χ4n) is 2.52. The van der Waals surface area contributed by atoms with Crippen molar-refractivity contribution in [3.63, 3.8) is 0 Å². The van der Waals surface area contributed by atoms with E-state index in [0.29, 0.717) is 17.8 Å². The first-order chi connectivity index (χ1) is 11.5. The van der Waals surface area contributed by atoms with Crippen molar-refractivity contribution in [1.29, 1.82) is 0 Å². The highest BCUT2D eigenvalue weighted by atomic mass is 16.6. The molecule has 7 heteroatoms. The highest BCUT2D eigenvalue weighted by Gasteiger charge is 2.12. The number of anilines is 1. The third kappa shape index (κ3) is 3.24. The van der Waals surface area contributed by atoms with Gasteiger partial charge in [-0.2, -0.15) is 0 Å². The molecule has 0 aliphatic rings. The van der Waals surface area contributed by atoms with Crippen molar-refractivity contribution >= 4 is 28.3 Å². The maximum Gasteiger partial charge on any atom is 0.274 e. The average molecular weight is 324 g/mol. The molecule has 0 radical (unpaired) electrons. The minimum Gasteiger partial charge on any atom is -0.330 e. The van der Waals surface area contributed by atoms with Gasteiger partial charge >= 0.3 is 0 Å². The predicted molar refractivity (Wildman–Crippen MR) is 90.8 cm³/mol. The summed E-state index contributed by atoms with van der Waals surface area (Å²) in [6.45, 7) is 2.15. The van der Waals surface area contributed by atoms with Crippen LogP contribution in [0.15, 0.2) is 48.8 Å². The van der Waals surface area contributed by atoms with Gasteiger partial charge in [-0.25, -0.2) is 4.98 Å². The maximum atomic E-state index is 12.1. The van der Waals surface area contributed by atoms with E-state index in [-0.39, 0.29) is 18.0 Å². The molecule has 24 heavy (non-hydrogen) atoms. The number of carbonyl (C=O) groups is 1. The third-order valence-corrected chi connectivity index (χ3v) is 3.80. The molecule has 1 aromatic heterocycles. The zero-order chi connectivity index (χ0) is 17.1. The second-order valence-electron chi connectivity index (χ2n) is 5.48. The number of nitro benzene ring substituents is 1. The van der Waals surface area contributed by atoms with Gasteiger partial charge in [0, 0.05) is 30.3 Å². The van der Waals surface area contributed by atoms with E-state index in [2.05, 4.69) is 10.3 Å². The zero-order valence-corrected chi connectivity index (χ0v) is 13.1. The maximum absolute atomic E-state index is 12.1. The van der Waals surface area contributed by atoms with Gasteiger partial charge in [-0.3, -0.25) is 14.9 Å². The average Bonchev–Trinajstić information content (AvgIpc) is 2.98. The van der Waals surface area contributed by atoms with Gasteiger partial charge < -0.3 is 9.88 Å². The summed E-state index contributed by atoms with van der Waals surface area (Å²) in [5, 5.41) is 13.6. The van der Waals surface area contributed by atoms with Crippen LogP contribution in [-0.4, -0.2) is 20.4 Å². The van der Waals surface area contributed by atoms with Crippen molar-refractivity contribution in [3.8, 4) is 0 Å². The van der Waals surface area contributed by atoms with Crippen molar-refractivity contribution in [3.05, 3.63) is 64.5 Å². The molecular formula is C17H16N4O3. The molecule has 1 amide bonds. The highest BCUT2D eigenvalue weighted by molar-refractivity contribution is 5.91. The van der Waals surface area contributed by atoms with Gasteiger partial charge in [0.2, 0.25) is 5.91 Å². The molecule has 122 valence electrons. The molecule has 0 spiro atoms. The van der Waals surface area contributed by atoms with Crippen molar-refractivity contribution in [2.75, 3.05) is 5.32 Å². The number of carbonyl (C=O) groups excluding carboxylic acids is 1. The van der Waals surface area contributed by atoms with E-state index >= 15 is 0 Å². The third-order valence-electron chi connectivity index (χ3n) is 3.80. The Morgan fingerprint density at radius 2 is 2.08 bits per heavy atom. The molecule has 0 aliphatic carbocycles. The van der Waals surface area contributed by atoms with Crippen LogP contribution in [0, 0.1) is 17.0 Å². The minimum atomic E-state index is -0.456. The Labute approximate surface area is 138 Å². The molecule has 0 unspecified atom stereocenters. The van der Waals surface area contributed by atoms with Crippen molar-refractivity contribution < 1.29 is 9.72 Å². The Bertz CT molecular complexity index is 917. The van der Waals surface area contributed by atoms with Gasteiger partial charge in [-0.1, -0.05) is 18.2 Å². The van der Waals surface area contributed by atoms with Gasteiger partial charge in [0.25, 0.3) is 5.69 Å². The molecule has 0 bridgehead atoms. The summed E-state index contributed by atoms with van der Waals surface area (Å²) in [6, 6.07) is 12.4. The number of nitro groups is 1. The van der Waals surface area contributed by atoms with Crippen LogP contribution in [0.25, 0.3) is 11.0 Å². The van der Waals surface area contributed by atoms with E-state index in [9.17, 15) is 14.9 Å². The standard InChI is InChI=1S/C17H16N4O3/c1-12-6-7-13(10-16(12)21(23)24)19-17(22)8-9-20-11-18-14-4-2-3-5-15(14)20/h2-7,10-11H,8-9H2,1H3,(H,19,22). The van der Waals surface area contributed by atoms with E-state index in [1.165, 1.54) is 6.07 Å². The lowest BCUT2D eigenvalue weighted by molar-refractivity contribution is -0.385. The monoisotopic (exact) mass is 324 g/mol. The highest BCUT2D eigenvalue weighted by Crippen LogP contribution is 2.22. The number of aryl methyl sites for hydroxylation is 2. The molecule has 1 heterocycles. The van der Waals surface area contributed by atoms with E-state index in [1.807, 2.05) is 28.8 Å². The Kier molecular flexibility index (Phi) is 4.24. The lowest BCUT2D eigenvalue weighted by atomic mass is 10.2.